The third-order valence-electron chi connectivity index (χ3n) is 4.83. The van der Waals surface area contributed by atoms with E-state index in [2.05, 4.69) is 24.3 Å². The molecule has 104 valence electrons. The summed E-state index contributed by atoms with van der Waals surface area (Å²) < 4.78 is 0. The molecule has 0 heterocycles. The lowest BCUT2D eigenvalue weighted by molar-refractivity contribution is -0.120. The number of hydrogen-bond acceptors (Lipinski definition) is 1. The third kappa shape index (κ3) is 1.88. The Morgan fingerprint density at radius 3 is 2.62 bits per heavy atom. The van der Waals surface area contributed by atoms with Gasteiger partial charge in [0.1, 0.15) is 5.78 Å². The maximum atomic E-state index is 12.7. The molecule has 0 bridgehead atoms. The fourth-order valence-corrected chi connectivity index (χ4v) is 3.87. The van der Waals surface area contributed by atoms with E-state index in [-0.39, 0.29) is 5.92 Å². The highest BCUT2D eigenvalue weighted by atomic mass is 35.5. The highest BCUT2D eigenvalue weighted by Gasteiger charge is 2.48. The highest BCUT2D eigenvalue weighted by Crippen LogP contribution is 2.50. The van der Waals surface area contributed by atoms with Crippen LogP contribution in [-0.2, 0) is 10.2 Å². The number of Topliss-reactive ketones (excluding diaryl/α,β-unsaturated/α-hetero) is 1. The predicted octanol–water partition coefficient (Wildman–Crippen LogP) is 4.75. The van der Waals surface area contributed by atoms with Gasteiger partial charge in [-0.1, -0.05) is 60.2 Å². The molecule has 21 heavy (non-hydrogen) atoms. The van der Waals surface area contributed by atoms with Gasteiger partial charge < -0.3 is 0 Å². The molecule has 2 aliphatic carbocycles. The predicted molar refractivity (Wildman–Crippen MR) is 85.6 cm³/mol. The first-order valence-corrected chi connectivity index (χ1v) is 7.64. The Labute approximate surface area is 129 Å². The zero-order chi connectivity index (χ0) is 14.4. The average Bonchev–Trinajstić information content (AvgIpc) is 3.04. The van der Waals surface area contributed by atoms with Crippen molar-refractivity contribution in [2.45, 2.75) is 24.2 Å². The van der Waals surface area contributed by atoms with E-state index in [9.17, 15) is 4.79 Å². The summed E-state index contributed by atoms with van der Waals surface area (Å²) in [6.45, 7) is 0. The first kappa shape index (κ1) is 12.8. The second-order valence-electron chi connectivity index (χ2n) is 5.97. The Bertz CT molecular complexity index is 744. The van der Waals surface area contributed by atoms with Crippen molar-refractivity contribution in [1.82, 2.24) is 0 Å². The van der Waals surface area contributed by atoms with Gasteiger partial charge in [-0.25, -0.2) is 0 Å². The van der Waals surface area contributed by atoms with Crippen LogP contribution < -0.4 is 0 Å². The quantitative estimate of drug-likeness (QED) is 0.741. The van der Waals surface area contributed by atoms with Crippen LogP contribution in [0.25, 0.3) is 6.08 Å². The standard InChI is InChI=1S/C19H15ClO/c20-16-7-5-13(6-8-16)15-11-18(21)19(12-15)10-9-14-3-1-2-4-17(14)19/h1-10,15H,11-12H2/t15-,19+/m1/s1. The van der Waals surface area contributed by atoms with E-state index in [4.69, 9.17) is 11.6 Å². The Hall–Kier alpha value is -1.86. The molecule has 0 unspecified atom stereocenters. The molecule has 2 aromatic carbocycles. The van der Waals surface area contributed by atoms with Crippen molar-refractivity contribution in [3.8, 4) is 0 Å². The first-order valence-electron chi connectivity index (χ1n) is 7.26. The van der Waals surface area contributed by atoms with Gasteiger partial charge in [-0.3, -0.25) is 4.79 Å². The van der Waals surface area contributed by atoms with Gasteiger partial charge in [-0.2, -0.15) is 0 Å². The van der Waals surface area contributed by atoms with Gasteiger partial charge in [-0.05, 0) is 41.2 Å². The van der Waals surface area contributed by atoms with Crippen LogP contribution in [0.1, 0.15) is 35.4 Å². The molecule has 2 heteroatoms. The van der Waals surface area contributed by atoms with Crippen LogP contribution in [-0.4, -0.2) is 5.78 Å². The fourth-order valence-electron chi connectivity index (χ4n) is 3.74. The molecular weight excluding hydrogens is 280 g/mol. The van der Waals surface area contributed by atoms with Gasteiger partial charge in [-0.15, -0.1) is 0 Å². The molecule has 0 amide bonds. The Morgan fingerprint density at radius 2 is 1.81 bits per heavy atom. The number of halogens is 1. The smallest absolute Gasteiger partial charge is 0.147 e. The minimum atomic E-state index is -0.402. The van der Waals surface area contributed by atoms with Crippen LogP contribution in [0.5, 0.6) is 0 Å². The Balaban J connectivity index is 1.73. The van der Waals surface area contributed by atoms with Crippen molar-refractivity contribution in [3.63, 3.8) is 0 Å². The largest absolute Gasteiger partial charge is 0.298 e. The molecule has 0 radical (unpaired) electrons. The fraction of sp³-hybridized carbons (Fsp3) is 0.211. The molecule has 1 nitrogen and oxygen atoms in total. The molecule has 0 N–H and O–H groups in total. The van der Waals surface area contributed by atoms with Crippen LogP contribution in [0.2, 0.25) is 5.02 Å². The molecule has 4 rings (SSSR count). The van der Waals surface area contributed by atoms with E-state index in [0.29, 0.717) is 12.2 Å². The van der Waals surface area contributed by atoms with E-state index in [1.165, 1.54) is 16.7 Å². The lowest BCUT2D eigenvalue weighted by Crippen LogP contribution is -2.26. The van der Waals surface area contributed by atoms with Gasteiger partial charge >= 0.3 is 0 Å². The molecule has 0 saturated heterocycles. The summed E-state index contributed by atoms with van der Waals surface area (Å²) >= 11 is 5.96. The Kier molecular flexibility index (Phi) is 2.80. The minimum Gasteiger partial charge on any atom is -0.298 e. The summed E-state index contributed by atoms with van der Waals surface area (Å²) in [5.41, 5.74) is 3.16. The lowest BCUT2D eigenvalue weighted by Gasteiger charge is -2.22. The number of ketones is 1. The summed E-state index contributed by atoms with van der Waals surface area (Å²) in [6, 6.07) is 16.1. The number of fused-ring (bicyclic) bond motifs is 2. The van der Waals surface area contributed by atoms with Crippen LogP contribution in [0, 0.1) is 0 Å². The van der Waals surface area contributed by atoms with Crippen molar-refractivity contribution in [1.29, 1.82) is 0 Å². The molecule has 1 spiro atoms. The average molecular weight is 295 g/mol. The maximum absolute atomic E-state index is 12.7. The molecule has 2 aromatic rings. The maximum Gasteiger partial charge on any atom is 0.147 e. The van der Waals surface area contributed by atoms with Gasteiger partial charge in [0, 0.05) is 11.4 Å². The molecule has 2 aliphatic rings. The van der Waals surface area contributed by atoms with Crippen LogP contribution >= 0.6 is 11.6 Å². The molecule has 0 aromatic heterocycles. The Morgan fingerprint density at radius 1 is 1.05 bits per heavy atom. The van der Waals surface area contributed by atoms with Crippen LogP contribution in [0.4, 0.5) is 0 Å². The zero-order valence-corrected chi connectivity index (χ0v) is 12.3. The van der Waals surface area contributed by atoms with E-state index >= 15 is 0 Å². The molecule has 1 saturated carbocycles. The molecule has 2 atom stereocenters. The summed E-state index contributed by atoms with van der Waals surface area (Å²) in [5.74, 6) is 0.620. The van der Waals surface area contributed by atoms with E-state index in [0.717, 1.165) is 11.4 Å². The summed E-state index contributed by atoms with van der Waals surface area (Å²) in [5, 5.41) is 0.740. The number of benzene rings is 2. The van der Waals surface area contributed by atoms with E-state index < -0.39 is 5.41 Å². The molecule has 1 fully saturated rings. The second kappa shape index (κ2) is 4.57. The van der Waals surface area contributed by atoms with E-state index in [1.54, 1.807) is 0 Å². The van der Waals surface area contributed by atoms with Gasteiger partial charge in [0.15, 0.2) is 0 Å². The molecule has 0 aliphatic heterocycles. The summed E-state index contributed by atoms with van der Waals surface area (Å²) in [7, 11) is 0. The number of allylic oxidation sites excluding steroid dienone is 1. The number of rotatable bonds is 1. The zero-order valence-electron chi connectivity index (χ0n) is 11.6. The number of hydrogen-bond donors (Lipinski definition) is 0. The van der Waals surface area contributed by atoms with Gasteiger partial charge in [0.05, 0.1) is 5.41 Å². The first-order chi connectivity index (χ1) is 10.2. The molecular formula is C19H15ClO. The SMILES string of the molecule is O=C1C[C@@H](c2ccc(Cl)cc2)C[C@]12C=Cc1ccccc12. The van der Waals surface area contributed by atoms with Crippen LogP contribution in [0.3, 0.4) is 0 Å². The summed E-state index contributed by atoms with van der Waals surface area (Å²) in [6.07, 6.45) is 5.68. The van der Waals surface area contributed by atoms with Crippen molar-refractivity contribution in [2.75, 3.05) is 0 Å². The normalized spacial score (nSPS) is 26.5. The monoisotopic (exact) mass is 294 g/mol. The number of carbonyl (C=O) groups excluding carboxylic acids is 1. The minimum absolute atomic E-state index is 0.283. The van der Waals surface area contributed by atoms with Crippen LogP contribution in [0.15, 0.2) is 54.6 Å². The summed E-state index contributed by atoms with van der Waals surface area (Å²) in [4.78, 5) is 12.7. The topological polar surface area (TPSA) is 17.1 Å². The van der Waals surface area contributed by atoms with Crippen molar-refractivity contribution < 1.29 is 4.79 Å². The third-order valence-corrected chi connectivity index (χ3v) is 5.08. The van der Waals surface area contributed by atoms with Gasteiger partial charge in [0.2, 0.25) is 0 Å². The highest BCUT2D eigenvalue weighted by molar-refractivity contribution is 6.30. The van der Waals surface area contributed by atoms with Crippen molar-refractivity contribution >= 4 is 23.5 Å². The van der Waals surface area contributed by atoms with Crippen molar-refractivity contribution in [3.05, 3.63) is 76.3 Å². The lowest BCUT2D eigenvalue weighted by atomic mass is 9.79. The second-order valence-corrected chi connectivity index (χ2v) is 6.41. The van der Waals surface area contributed by atoms with E-state index in [1.807, 2.05) is 36.4 Å². The number of carbonyl (C=O) groups is 1. The van der Waals surface area contributed by atoms with Gasteiger partial charge in [0.25, 0.3) is 0 Å². The van der Waals surface area contributed by atoms with Crippen molar-refractivity contribution in [2.24, 2.45) is 0 Å².